The zero-order chi connectivity index (χ0) is 19.4. The molecule has 0 bridgehead atoms. The third-order valence-corrected chi connectivity index (χ3v) is 3.97. The lowest BCUT2D eigenvalue weighted by Crippen LogP contribution is -2.15. The van der Waals surface area contributed by atoms with E-state index < -0.39 is 29.0 Å². The van der Waals surface area contributed by atoms with Crippen molar-refractivity contribution in [1.82, 2.24) is 4.98 Å². The molecule has 0 radical (unpaired) electrons. The average molecular weight is 371 g/mol. The molecule has 138 valence electrons. The summed E-state index contributed by atoms with van der Waals surface area (Å²) in [5.74, 6) is -4.63. The number of rotatable bonds is 5. The first-order chi connectivity index (χ1) is 13.0. The average Bonchev–Trinajstić information content (AvgIpc) is 2.69. The number of hydrogen-bond acceptors (Lipinski definition) is 3. The van der Waals surface area contributed by atoms with Crippen LogP contribution in [0.2, 0.25) is 0 Å². The van der Waals surface area contributed by atoms with Gasteiger partial charge in [-0.05, 0) is 36.8 Å². The van der Waals surface area contributed by atoms with Crippen LogP contribution in [0.5, 0.6) is 0 Å². The number of aromatic nitrogens is 1. The second-order valence-electron chi connectivity index (χ2n) is 5.88. The molecule has 0 aliphatic rings. The summed E-state index contributed by atoms with van der Waals surface area (Å²) in [5.41, 5.74) is 0.790. The molecule has 3 rings (SSSR count). The maximum absolute atomic E-state index is 13.7. The van der Waals surface area contributed by atoms with Gasteiger partial charge in [-0.1, -0.05) is 30.3 Å². The molecule has 0 aliphatic carbocycles. The molecular formula is C20H16F3N3O. The molecule has 7 heteroatoms. The van der Waals surface area contributed by atoms with Crippen molar-refractivity contribution in [3.63, 3.8) is 0 Å². The van der Waals surface area contributed by atoms with E-state index >= 15 is 0 Å². The van der Waals surface area contributed by atoms with Crippen molar-refractivity contribution in [2.45, 2.75) is 13.0 Å². The molecule has 27 heavy (non-hydrogen) atoms. The van der Waals surface area contributed by atoms with Crippen LogP contribution in [0.1, 0.15) is 28.9 Å². The van der Waals surface area contributed by atoms with E-state index in [4.69, 9.17) is 0 Å². The fourth-order valence-corrected chi connectivity index (χ4v) is 2.51. The summed E-state index contributed by atoms with van der Waals surface area (Å²) in [6.45, 7) is 1.94. The molecule has 1 atom stereocenters. The number of anilines is 2. The number of benzene rings is 2. The highest BCUT2D eigenvalue weighted by atomic mass is 19.2. The van der Waals surface area contributed by atoms with Gasteiger partial charge in [-0.2, -0.15) is 0 Å². The predicted molar refractivity (Wildman–Crippen MR) is 97.0 cm³/mol. The first-order valence-electron chi connectivity index (χ1n) is 8.18. The molecule has 0 saturated heterocycles. The highest BCUT2D eigenvalue weighted by Crippen LogP contribution is 2.21. The third-order valence-electron chi connectivity index (χ3n) is 3.97. The van der Waals surface area contributed by atoms with Gasteiger partial charge in [-0.3, -0.25) is 4.79 Å². The van der Waals surface area contributed by atoms with Gasteiger partial charge < -0.3 is 10.6 Å². The molecular weight excluding hydrogens is 355 g/mol. The van der Waals surface area contributed by atoms with Crippen LogP contribution in [0.25, 0.3) is 0 Å². The van der Waals surface area contributed by atoms with Crippen LogP contribution >= 0.6 is 0 Å². The van der Waals surface area contributed by atoms with Crippen LogP contribution in [0.3, 0.4) is 0 Å². The van der Waals surface area contributed by atoms with E-state index in [1.165, 1.54) is 18.3 Å². The summed E-state index contributed by atoms with van der Waals surface area (Å²) >= 11 is 0. The second-order valence-corrected chi connectivity index (χ2v) is 5.88. The Morgan fingerprint density at radius 2 is 1.74 bits per heavy atom. The smallest absolute Gasteiger partial charge is 0.255 e. The summed E-state index contributed by atoms with van der Waals surface area (Å²) in [4.78, 5) is 16.5. The second kappa shape index (κ2) is 7.90. The minimum absolute atomic E-state index is 0.0550. The number of carbonyl (C=O) groups is 1. The topological polar surface area (TPSA) is 54.0 Å². The number of carbonyl (C=O) groups excluding carboxylic acids is 1. The van der Waals surface area contributed by atoms with Gasteiger partial charge in [-0.15, -0.1) is 0 Å². The largest absolute Gasteiger partial charge is 0.364 e. The minimum atomic E-state index is -1.64. The van der Waals surface area contributed by atoms with Gasteiger partial charge in [0, 0.05) is 17.8 Å². The van der Waals surface area contributed by atoms with Crippen molar-refractivity contribution in [2.75, 3.05) is 10.6 Å². The molecule has 0 saturated carbocycles. The van der Waals surface area contributed by atoms with Crippen LogP contribution in [0.4, 0.5) is 24.7 Å². The lowest BCUT2D eigenvalue weighted by Gasteiger charge is -2.15. The van der Waals surface area contributed by atoms with Gasteiger partial charge in [0.15, 0.2) is 17.5 Å². The molecule has 0 fully saturated rings. The fraction of sp³-hybridized carbons (Fsp3) is 0.100. The van der Waals surface area contributed by atoms with Crippen molar-refractivity contribution in [3.8, 4) is 0 Å². The number of hydrogen-bond donors (Lipinski definition) is 2. The summed E-state index contributed by atoms with van der Waals surface area (Å²) in [6.07, 6.45) is 1.43. The van der Waals surface area contributed by atoms with Crippen molar-refractivity contribution in [3.05, 3.63) is 89.4 Å². The summed E-state index contributed by atoms with van der Waals surface area (Å²) in [5, 5.41) is 5.40. The molecule has 1 aromatic heterocycles. The van der Waals surface area contributed by atoms with Gasteiger partial charge in [-0.25, -0.2) is 18.2 Å². The Bertz CT molecular complexity index is 964. The van der Waals surface area contributed by atoms with Crippen LogP contribution in [0.15, 0.2) is 60.8 Å². The van der Waals surface area contributed by atoms with Gasteiger partial charge in [0.2, 0.25) is 0 Å². The van der Waals surface area contributed by atoms with E-state index in [0.717, 1.165) is 17.7 Å². The van der Waals surface area contributed by atoms with E-state index in [1.807, 2.05) is 37.3 Å². The summed E-state index contributed by atoms with van der Waals surface area (Å²) in [7, 11) is 0. The van der Waals surface area contributed by atoms with Crippen LogP contribution < -0.4 is 10.6 Å². The number of nitrogens with zero attached hydrogens (tertiary/aromatic N) is 1. The molecule has 0 aliphatic heterocycles. The van der Waals surface area contributed by atoms with E-state index in [0.29, 0.717) is 5.82 Å². The SMILES string of the molecule is CC(Nc1cc(C(=O)Nc2ccc(F)c(F)c2F)ccn1)c1ccccc1. The van der Waals surface area contributed by atoms with E-state index in [1.54, 1.807) is 0 Å². The molecule has 0 spiro atoms. The molecule has 1 unspecified atom stereocenters. The number of amides is 1. The Balaban J connectivity index is 1.75. The first kappa shape index (κ1) is 18.4. The number of pyridine rings is 1. The van der Waals surface area contributed by atoms with Gasteiger partial charge in [0.25, 0.3) is 5.91 Å². The molecule has 2 N–H and O–H groups in total. The Labute approximate surface area is 154 Å². The van der Waals surface area contributed by atoms with Crippen molar-refractivity contribution in [1.29, 1.82) is 0 Å². The zero-order valence-corrected chi connectivity index (χ0v) is 14.3. The van der Waals surface area contributed by atoms with Gasteiger partial charge in [0.05, 0.1) is 5.69 Å². The lowest BCUT2D eigenvalue weighted by atomic mass is 10.1. The van der Waals surface area contributed by atoms with Crippen molar-refractivity contribution >= 4 is 17.4 Å². The number of halogens is 3. The normalized spacial score (nSPS) is 11.7. The zero-order valence-electron chi connectivity index (χ0n) is 14.3. The van der Waals surface area contributed by atoms with E-state index in [-0.39, 0.29) is 11.6 Å². The monoisotopic (exact) mass is 371 g/mol. The minimum Gasteiger partial charge on any atom is -0.364 e. The maximum Gasteiger partial charge on any atom is 0.255 e. The molecule has 1 amide bonds. The van der Waals surface area contributed by atoms with Crippen LogP contribution in [0, 0.1) is 17.5 Å². The third kappa shape index (κ3) is 4.25. The molecule has 1 heterocycles. The quantitative estimate of drug-likeness (QED) is 0.626. The van der Waals surface area contributed by atoms with E-state index in [9.17, 15) is 18.0 Å². The van der Waals surface area contributed by atoms with Crippen LogP contribution in [-0.2, 0) is 0 Å². The highest BCUT2D eigenvalue weighted by Gasteiger charge is 2.16. The predicted octanol–water partition coefficient (Wildman–Crippen LogP) is 4.92. The van der Waals surface area contributed by atoms with Crippen molar-refractivity contribution in [2.24, 2.45) is 0 Å². The van der Waals surface area contributed by atoms with E-state index in [2.05, 4.69) is 15.6 Å². The Hall–Kier alpha value is -3.35. The molecule has 2 aromatic carbocycles. The Kier molecular flexibility index (Phi) is 5.40. The molecule has 3 aromatic rings. The Morgan fingerprint density at radius 1 is 1.00 bits per heavy atom. The first-order valence-corrected chi connectivity index (χ1v) is 8.18. The Morgan fingerprint density at radius 3 is 2.48 bits per heavy atom. The van der Waals surface area contributed by atoms with Gasteiger partial charge >= 0.3 is 0 Å². The van der Waals surface area contributed by atoms with Gasteiger partial charge in [0.1, 0.15) is 5.82 Å². The lowest BCUT2D eigenvalue weighted by molar-refractivity contribution is 0.102. The van der Waals surface area contributed by atoms with Crippen molar-refractivity contribution < 1.29 is 18.0 Å². The fourth-order valence-electron chi connectivity index (χ4n) is 2.51. The molecule has 4 nitrogen and oxygen atoms in total. The number of nitrogens with one attached hydrogen (secondary N) is 2. The standard InChI is InChI=1S/C20H16F3N3O/c1-12(13-5-3-2-4-6-13)25-17-11-14(9-10-24-17)20(27)26-16-8-7-15(21)18(22)19(16)23/h2-12H,1H3,(H,24,25)(H,26,27). The summed E-state index contributed by atoms with van der Waals surface area (Å²) < 4.78 is 40.0. The maximum atomic E-state index is 13.7. The van der Waals surface area contributed by atoms with Crippen LogP contribution in [-0.4, -0.2) is 10.9 Å². The summed E-state index contributed by atoms with van der Waals surface area (Å²) in [6, 6.07) is 14.2. The highest BCUT2D eigenvalue weighted by molar-refractivity contribution is 6.04.